The first-order valence-corrected chi connectivity index (χ1v) is 11.3. The van der Waals surface area contributed by atoms with E-state index in [1.54, 1.807) is 49.6 Å². The maximum atomic E-state index is 13.2. The van der Waals surface area contributed by atoms with Gasteiger partial charge >= 0.3 is 0 Å². The smallest absolute Gasteiger partial charge is 0.300 e. The van der Waals surface area contributed by atoms with Crippen LogP contribution in [0, 0.1) is 6.92 Å². The van der Waals surface area contributed by atoms with E-state index in [1.165, 1.54) is 16.2 Å². The summed E-state index contributed by atoms with van der Waals surface area (Å²) in [5.41, 5.74) is 1.89. The van der Waals surface area contributed by atoms with Crippen molar-refractivity contribution in [3.8, 4) is 17.2 Å². The van der Waals surface area contributed by atoms with Crippen molar-refractivity contribution in [2.24, 2.45) is 0 Å². The van der Waals surface area contributed by atoms with Crippen molar-refractivity contribution < 1.29 is 28.9 Å². The zero-order valence-electron chi connectivity index (χ0n) is 18.0. The summed E-state index contributed by atoms with van der Waals surface area (Å²) in [7, 11) is 1.56. The van der Waals surface area contributed by atoms with E-state index in [1.807, 2.05) is 18.4 Å². The lowest BCUT2D eigenvalue weighted by Crippen LogP contribution is -2.29. The molecule has 1 atom stereocenters. The highest BCUT2D eigenvalue weighted by Crippen LogP contribution is 2.45. The summed E-state index contributed by atoms with van der Waals surface area (Å²) in [5, 5.41) is 13.2. The molecule has 1 amide bonds. The number of rotatable bonds is 4. The van der Waals surface area contributed by atoms with E-state index in [0.29, 0.717) is 41.7 Å². The molecule has 0 bridgehead atoms. The van der Waals surface area contributed by atoms with Gasteiger partial charge in [0.15, 0.2) is 11.5 Å². The van der Waals surface area contributed by atoms with Gasteiger partial charge < -0.3 is 19.3 Å². The standard InChI is InChI=1S/C25H21NO6S/c1-14-9-12-33-24(14)21-20(22(27)15-3-8-18-19(13-15)32-11-10-31-18)23(28)25(29)26(21)16-4-6-17(30-2)7-5-16/h3-9,12-13,21,27H,10-11H2,1-2H3/b22-20-. The number of methoxy groups -OCH3 is 1. The van der Waals surface area contributed by atoms with Gasteiger partial charge in [0.25, 0.3) is 11.7 Å². The van der Waals surface area contributed by atoms with Gasteiger partial charge in [-0.25, -0.2) is 0 Å². The molecule has 168 valence electrons. The molecule has 0 radical (unpaired) electrons. The minimum absolute atomic E-state index is 0.0399. The summed E-state index contributed by atoms with van der Waals surface area (Å²) in [4.78, 5) is 28.7. The highest BCUT2D eigenvalue weighted by molar-refractivity contribution is 7.10. The monoisotopic (exact) mass is 463 g/mol. The van der Waals surface area contributed by atoms with Gasteiger partial charge in [-0.1, -0.05) is 0 Å². The molecule has 1 N–H and O–H groups in total. The zero-order chi connectivity index (χ0) is 23.1. The van der Waals surface area contributed by atoms with Gasteiger partial charge in [-0.05, 0) is 66.4 Å². The molecule has 1 saturated heterocycles. The highest BCUT2D eigenvalue weighted by atomic mass is 32.1. The molecule has 33 heavy (non-hydrogen) atoms. The van der Waals surface area contributed by atoms with Crippen molar-refractivity contribution in [3.63, 3.8) is 0 Å². The fourth-order valence-electron chi connectivity index (χ4n) is 4.10. The summed E-state index contributed by atoms with van der Waals surface area (Å²) in [6.07, 6.45) is 0. The summed E-state index contributed by atoms with van der Waals surface area (Å²) in [6.45, 7) is 2.76. The Morgan fingerprint density at radius 2 is 1.79 bits per heavy atom. The first-order chi connectivity index (χ1) is 16.0. The number of hydrogen-bond donors (Lipinski definition) is 1. The van der Waals surface area contributed by atoms with Crippen molar-refractivity contribution in [2.45, 2.75) is 13.0 Å². The quantitative estimate of drug-likeness (QED) is 0.349. The molecule has 7 nitrogen and oxygen atoms in total. The van der Waals surface area contributed by atoms with Crippen molar-refractivity contribution in [1.82, 2.24) is 0 Å². The number of thiophene rings is 1. The predicted octanol–water partition coefficient (Wildman–Crippen LogP) is 4.46. The summed E-state index contributed by atoms with van der Waals surface area (Å²) in [5.74, 6) is 0.00310. The fourth-order valence-corrected chi connectivity index (χ4v) is 5.13. The molecule has 5 rings (SSSR count). The minimum atomic E-state index is -0.758. The van der Waals surface area contributed by atoms with Crippen LogP contribution in [0.2, 0.25) is 0 Å². The Morgan fingerprint density at radius 3 is 2.45 bits per heavy atom. The largest absolute Gasteiger partial charge is 0.507 e. The Hall–Kier alpha value is -3.78. The number of nitrogens with zero attached hydrogens (tertiary/aromatic N) is 1. The number of Topliss-reactive ketones (excluding diaryl/α,β-unsaturated/α-hetero) is 1. The van der Waals surface area contributed by atoms with Crippen molar-refractivity contribution >= 4 is 34.5 Å². The van der Waals surface area contributed by atoms with Crippen molar-refractivity contribution in [1.29, 1.82) is 0 Å². The third-order valence-electron chi connectivity index (χ3n) is 5.76. The van der Waals surface area contributed by atoms with Gasteiger partial charge in [-0.2, -0.15) is 0 Å². The number of benzene rings is 2. The number of hydrogen-bond acceptors (Lipinski definition) is 7. The van der Waals surface area contributed by atoms with Crippen LogP contribution in [0.4, 0.5) is 5.69 Å². The molecule has 2 aromatic carbocycles. The van der Waals surface area contributed by atoms with E-state index < -0.39 is 17.7 Å². The first kappa shape index (κ1) is 21.1. The lowest BCUT2D eigenvalue weighted by molar-refractivity contribution is -0.132. The van der Waals surface area contributed by atoms with Crippen LogP contribution in [-0.4, -0.2) is 37.1 Å². The molecule has 0 aliphatic carbocycles. The molecule has 0 spiro atoms. The maximum absolute atomic E-state index is 13.2. The zero-order valence-corrected chi connectivity index (χ0v) is 18.8. The number of aryl methyl sites for hydroxylation is 1. The molecule has 3 heterocycles. The van der Waals surface area contributed by atoms with Crippen LogP contribution in [-0.2, 0) is 9.59 Å². The summed E-state index contributed by atoms with van der Waals surface area (Å²) in [6, 6.07) is 13.1. The molecule has 1 unspecified atom stereocenters. The van der Waals surface area contributed by atoms with E-state index in [0.717, 1.165) is 10.4 Å². The van der Waals surface area contributed by atoms with E-state index >= 15 is 0 Å². The molecule has 3 aromatic rings. The van der Waals surface area contributed by atoms with Crippen LogP contribution < -0.4 is 19.1 Å². The van der Waals surface area contributed by atoms with E-state index in [2.05, 4.69) is 0 Å². The topological polar surface area (TPSA) is 85.3 Å². The average molecular weight is 464 g/mol. The SMILES string of the molecule is COc1ccc(N2C(=O)C(=O)/C(=C(\O)c3ccc4c(c3)OCCO4)C2c2sccc2C)cc1. The normalized spacial score (nSPS) is 19.1. The Kier molecular flexibility index (Phi) is 5.30. The number of carbonyl (C=O) groups excluding carboxylic acids is 2. The number of ketones is 1. The summed E-state index contributed by atoms with van der Waals surface area (Å²) >= 11 is 1.44. The molecule has 2 aliphatic rings. The second-order valence-corrected chi connectivity index (χ2v) is 8.64. The minimum Gasteiger partial charge on any atom is -0.507 e. The highest BCUT2D eigenvalue weighted by Gasteiger charge is 2.48. The van der Waals surface area contributed by atoms with Gasteiger partial charge in [0.1, 0.15) is 30.8 Å². The second-order valence-electron chi connectivity index (χ2n) is 7.69. The molecule has 2 aliphatic heterocycles. The Balaban J connectivity index is 1.67. The average Bonchev–Trinajstić information content (AvgIpc) is 3.38. The van der Waals surface area contributed by atoms with Gasteiger partial charge in [0, 0.05) is 16.1 Å². The van der Waals surface area contributed by atoms with Gasteiger partial charge in [-0.15, -0.1) is 11.3 Å². The number of fused-ring (bicyclic) bond motifs is 1. The lowest BCUT2D eigenvalue weighted by atomic mass is 9.98. The van der Waals surface area contributed by atoms with Gasteiger partial charge in [0.05, 0.1) is 12.7 Å². The number of aliphatic hydroxyl groups is 1. The van der Waals surface area contributed by atoms with Crippen LogP contribution in [0.15, 0.2) is 59.5 Å². The van der Waals surface area contributed by atoms with Crippen LogP contribution >= 0.6 is 11.3 Å². The van der Waals surface area contributed by atoms with Crippen LogP contribution in [0.5, 0.6) is 17.2 Å². The van der Waals surface area contributed by atoms with Crippen LogP contribution in [0.3, 0.4) is 0 Å². The number of amides is 1. The number of carbonyl (C=O) groups is 2. The molecule has 8 heteroatoms. The predicted molar refractivity (Wildman–Crippen MR) is 124 cm³/mol. The summed E-state index contributed by atoms with van der Waals surface area (Å²) < 4.78 is 16.4. The molecular formula is C25H21NO6S. The third-order valence-corrected chi connectivity index (χ3v) is 6.83. The fraction of sp³-hybridized carbons (Fsp3) is 0.200. The first-order valence-electron chi connectivity index (χ1n) is 10.4. The molecule has 0 saturated carbocycles. The Morgan fingerprint density at radius 1 is 1.06 bits per heavy atom. The molecular weight excluding hydrogens is 442 g/mol. The van der Waals surface area contributed by atoms with Crippen LogP contribution in [0.1, 0.15) is 22.0 Å². The van der Waals surface area contributed by atoms with Crippen molar-refractivity contribution in [3.05, 3.63) is 75.5 Å². The molecule has 1 aromatic heterocycles. The number of ether oxygens (including phenoxy) is 3. The lowest BCUT2D eigenvalue weighted by Gasteiger charge is -2.25. The van der Waals surface area contributed by atoms with Gasteiger partial charge in [0.2, 0.25) is 0 Å². The maximum Gasteiger partial charge on any atom is 0.300 e. The van der Waals surface area contributed by atoms with Gasteiger partial charge in [-0.3, -0.25) is 14.5 Å². The van der Waals surface area contributed by atoms with Crippen molar-refractivity contribution in [2.75, 3.05) is 25.2 Å². The van der Waals surface area contributed by atoms with Crippen LogP contribution in [0.25, 0.3) is 5.76 Å². The molecule has 1 fully saturated rings. The number of anilines is 1. The third kappa shape index (κ3) is 3.52. The van der Waals surface area contributed by atoms with E-state index in [4.69, 9.17) is 14.2 Å². The second kappa shape index (κ2) is 8.29. The van der Waals surface area contributed by atoms with E-state index in [9.17, 15) is 14.7 Å². The van der Waals surface area contributed by atoms with E-state index in [-0.39, 0.29) is 11.3 Å². The Bertz CT molecular complexity index is 1280. The Labute approximate surface area is 194 Å². The number of aliphatic hydroxyl groups excluding tert-OH is 1.